The molecule has 0 aromatic heterocycles. The minimum atomic E-state index is 0.742. The Morgan fingerprint density at radius 2 is 1.89 bits per heavy atom. The third kappa shape index (κ3) is 5.27. The van der Waals surface area contributed by atoms with E-state index in [2.05, 4.69) is 44.8 Å². The summed E-state index contributed by atoms with van der Waals surface area (Å²) in [6.07, 6.45) is 5.43. The summed E-state index contributed by atoms with van der Waals surface area (Å²) in [5.41, 5.74) is 0. The minimum Gasteiger partial charge on any atom is -0.315 e. The van der Waals surface area contributed by atoms with Crippen LogP contribution in [0, 0.1) is 11.8 Å². The van der Waals surface area contributed by atoms with Crippen molar-refractivity contribution >= 4 is 0 Å². The second kappa shape index (κ2) is 8.16. The molecule has 3 unspecified atom stereocenters. The molecule has 1 N–H and O–H groups in total. The summed E-state index contributed by atoms with van der Waals surface area (Å²) in [4.78, 5) is 2.77. The number of rotatable bonds is 7. The molecule has 0 spiro atoms. The lowest BCUT2D eigenvalue weighted by molar-refractivity contribution is 0.0711. The highest BCUT2D eigenvalue weighted by Crippen LogP contribution is 2.24. The molecule has 18 heavy (non-hydrogen) atoms. The molecule has 0 aliphatic carbocycles. The second-order valence-electron chi connectivity index (χ2n) is 6.72. The van der Waals surface area contributed by atoms with Crippen molar-refractivity contribution in [3.63, 3.8) is 0 Å². The van der Waals surface area contributed by atoms with E-state index < -0.39 is 0 Å². The van der Waals surface area contributed by atoms with Crippen LogP contribution in [0.25, 0.3) is 0 Å². The molecule has 1 fully saturated rings. The van der Waals surface area contributed by atoms with Crippen molar-refractivity contribution in [3.05, 3.63) is 0 Å². The van der Waals surface area contributed by atoms with E-state index >= 15 is 0 Å². The molecular weight excluding hydrogens is 220 g/mol. The fourth-order valence-electron chi connectivity index (χ4n) is 3.09. The smallest absolute Gasteiger partial charge is 0.0223 e. The van der Waals surface area contributed by atoms with Crippen LogP contribution in [0.5, 0.6) is 0 Å². The Labute approximate surface area is 115 Å². The molecule has 2 nitrogen and oxygen atoms in total. The first-order valence-electron chi connectivity index (χ1n) is 8.01. The lowest BCUT2D eigenvalue weighted by Crippen LogP contribution is -2.51. The maximum absolute atomic E-state index is 3.66. The Hall–Kier alpha value is -0.0800. The highest BCUT2D eigenvalue weighted by molar-refractivity contribution is 4.84. The Morgan fingerprint density at radius 1 is 1.17 bits per heavy atom. The number of nitrogens with zero attached hydrogens (tertiary/aromatic N) is 1. The lowest BCUT2D eigenvalue weighted by atomic mass is 9.92. The minimum absolute atomic E-state index is 0.742. The SMILES string of the molecule is CCCC(CNCC(C)C)N1CC(C)CCC1C. The van der Waals surface area contributed by atoms with Gasteiger partial charge in [-0.15, -0.1) is 0 Å². The summed E-state index contributed by atoms with van der Waals surface area (Å²) in [5, 5.41) is 3.66. The average Bonchev–Trinajstić information content (AvgIpc) is 2.31. The number of likely N-dealkylation sites (tertiary alicyclic amines) is 1. The molecule has 1 saturated heterocycles. The Kier molecular flexibility index (Phi) is 7.25. The highest BCUT2D eigenvalue weighted by Gasteiger charge is 2.28. The monoisotopic (exact) mass is 254 g/mol. The van der Waals surface area contributed by atoms with Gasteiger partial charge in [0.25, 0.3) is 0 Å². The molecule has 0 aromatic carbocycles. The maximum Gasteiger partial charge on any atom is 0.0223 e. The predicted molar refractivity (Wildman–Crippen MR) is 81.0 cm³/mol. The van der Waals surface area contributed by atoms with Gasteiger partial charge in [0.2, 0.25) is 0 Å². The summed E-state index contributed by atoms with van der Waals surface area (Å²) >= 11 is 0. The molecule has 2 heteroatoms. The first-order chi connectivity index (χ1) is 8.54. The predicted octanol–water partition coefficient (Wildman–Crippen LogP) is 3.52. The van der Waals surface area contributed by atoms with Gasteiger partial charge in [0, 0.05) is 25.2 Å². The van der Waals surface area contributed by atoms with Crippen LogP contribution in [0.3, 0.4) is 0 Å². The third-order valence-corrected chi connectivity index (χ3v) is 4.19. The standard InChI is InChI=1S/C16H34N2/c1-6-7-16(11-17-10-13(2)3)18-12-14(4)8-9-15(18)5/h13-17H,6-12H2,1-5H3. The summed E-state index contributed by atoms with van der Waals surface area (Å²) in [7, 11) is 0. The first-order valence-corrected chi connectivity index (χ1v) is 8.01. The van der Waals surface area contributed by atoms with Crippen LogP contribution in [0.15, 0.2) is 0 Å². The summed E-state index contributed by atoms with van der Waals surface area (Å²) in [5.74, 6) is 1.63. The average molecular weight is 254 g/mol. The Balaban J connectivity index is 2.47. The zero-order valence-electron chi connectivity index (χ0n) is 13.2. The van der Waals surface area contributed by atoms with Crippen molar-refractivity contribution in [2.75, 3.05) is 19.6 Å². The quantitative estimate of drug-likeness (QED) is 0.748. The number of nitrogens with one attached hydrogen (secondary N) is 1. The van der Waals surface area contributed by atoms with Gasteiger partial charge in [-0.1, -0.05) is 34.1 Å². The van der Waals surface area contributed by atoms with Crippen LogP contribution in [-0.2, 0) is 0 Å². The van der Waals surface area contributed by atoms with E-state index in [1.54, 1.807) is 0 Å². The second-order valence-corrected chi connectivity index (χ2v) is 6.72. The summed E-state index contributed by atoms with van der Waals surface area (Å²) in [6.45, 7) is 15.3. The molecule has 0 aromatic rings. The highest BCUT2D eigenvalue weighted by atomic mass is 15.2. The summed E-state index contributed by atoms with van der Waals surface area (Å²) in [6, 6.07) is 1.52. The summed E-state index contributed by atoms with van der Waals surface area (Å²) < 4.78 is 0. The Bertz CT molecular complexity index is 215. The molecule has 1 aliphatic rings. The zero-order chi connectivity index (χ0) is 13.5. The number of hydrogen-bond donors (Lipinski definition) is 1. The van der Waals surface area contributed by atoms with E-state index in [9.17, 15) is 0 Å². The van der Waals surface area contributed by atoms with Crippen molar-refractivity contribution in [2.45, 2.75) is 72.4 Å². The van der Waals surface area contributed by atoms with Gasteiger partial charge >= 0.3 is 0 Å². The molecule has 0 saturated carbocycles. The van der Waals surface area contributed by atoms with Crippen LogP contribution in [-0.4, -0.2) is 36.6 Å². The van der Waals surface area contributed by atoms with E-state index in [1.807, 2.05) is 0 Å². The fourth-order valence-corrected chi connectivity index (χ4v) is 3.09. The van der Waals surface area contributed by atoms with Crippen molar-refractivity contribution < 1.29 is 0 Å². The normalized spacial score (nSPS) is 27.7. The molecule has 0 bridgehead atoms. The number of piperidine rings is 1. The maximum atomic E-state index is 3.66. The van der Waals surface area contributed by atoms with Gasteiger partial charge in [-0.05, 0) is 44.6 Å². The molecular formula is C16H34N2. The molecule has 108 valence electrons. The van der Waals surface area contributed by atoms with Gasteiger partial charge in [0.1, 0.15) is 0 Å². The topological polar surface area (TPSA) is 15.3 Å². The molecule has 3 atom stereocenters. The van der Waals surface area contributed by atoms with Gasteiger partial charge in [-0.2, -0.15) is 0 Å². The number of hydrogen-bond acceptors (Lipinski definition) is 2. The van der Waals surface area contributed by atoms with Gasteiger partial charge in [0.15, 0.2) is 0 Å². The van der Waals surface area contributed by atoms with Gasteiger partial charge in [-0.25, -0.2) is 0 Å². The molecule has 0 amide bonds. The first kappa shape index (κ1) is 16.0. The van der Waals surface area contributed by atoms with E-state index in [0.717, 1.165) is 30.5 Å². The van der Waals surface area contributed by atoms with Crippen molar-refractivity contribution in [2.24, 2.45) is 11.8 Å². The van der Waals surface area contributed by atoms with E-state index in [-0.39, 0.29) is 0 Å². The van der Waals surface area contributed by atoms with Crippen LogP contribution >= 0.6 is 0 Å². The molecule has 1 heterocycles. The van der Waals surface area contributed by atoms with E-state index in [0.29, 0.717) is 0 Å². The van der Waals surface area contributed by atoms with E-state index in [4.69, 9.17) is 0 Å². The molecule has 0 radical (unpaired) electrons. The Morgan fingerprint density at radius 3 is 2.50 bits per heavy atom. The third-order valence-electron chi connectivity index (χ3n) is 4.19. The van der Waals surface area contributed by atoms with Gasteiger partial charge in [-0.3, -0.25) is 4.90 Å². The van der Waals surface area contributed by atoms with Gasteiger partial charge in [0.05, 0.1) is 0 Å². The van der Waals surface area contributed by atoms with Crippen LogP contribution < -0.4 is 5.32 Å². The largest absolute Gasteiger partial charge is 0.315 e. The fraction of sp³-hybridized carbons (Fsp3) is 1.00. The molecule has 1 aliphatic heterocycles. The zero-order valence-corrected chi connectivity index (χ0v) is 13.2. The van der Waals surface area contributed by atoms with Crippen molar-refractivity contribution in [1.29, 1.82) is 0 Å². The van der Waals surface area contributed by atoms with Crippen LogP contribution in [0.4, 0.5) is 0 Å². The molecule has 1 rings (SSSR count). The van der Waals surface area contributed by atoms with Gasteiger partial charge < -0.3 is 5.32 Å². The van der Waals surface area contributed by atoms with Crippen LogP contribution in [0.1, 0.15) is 60.3 Å². The van der Waals surface area contributed by atoms with Crippen molar-refractivity contribution in [3.8, 4) is 0 Å². The van der Waals surface area contributed by atoms with Crippen molar-refractivity contribution in [1.82, 2.24) is 10.2 Å². The lowest BCUT2D eigenvalue weighted by Gasteiger charge is -2.42. The van der Waals surface area contributed by atoms with Crippen LogP contribution in [0.2, 0.25) is 0 Å². The van der Waals surface area contributed by atoms with E-state index in [1.165, 1.54) is 38.8 Å².